The SMILES string of the molecule is CC1(C)c2ccccc2-c2ccc(-c3ccc4c(c3)C(C)(C)c3cc(-c5cccc(-c6cccc(BOC(C)(C)C(C)(C)O)c6)c5)ccc3-4)cc21. The third-order valence-corrected chi connectivity index (χ3v) is 12.1. The van der Waals surface area contributed by atoms with Crippen molar-refractivity contribution < 1.29 is 9.76 Å². The molecule has 8 rings (SSSR count). The standard InChI is InChI=1S/C48H47BO2/c1-45(2)41-18-10-9-17-37(41)38-22-20-34(28-42(38)45)35-21-24-40-39-23-19-33(27-43(39)46(3,4)44(40)29-35)31-14-11-13-30(25-31)32-15-12-16-36(26-32)49-51-48(7,8)47(5,6)50/h9-29,49-50H,1-8H3. The van der Waals surface area contributed by atoms with Gasteiger partial charge in [0, 0.05) is 10.8 Å². The van der Waals surface area contributed by atoms with Gasteiger partial charge in [0.25, 0.3) is 0 Å². The van der Waals surface area contributed by atoms with Crippen molar-refractivity contribution in [3.8, 4) is 55.6 Å². The zero-order valence-corrected chi connectivity index (χ0v) is 31.2. The van der Waals surface area contributed by atoms with E-state index in [0.29, 0.717) is 7.48 Å². The van der Waals surface area contributed by atoms with Gasteiger partial charge in [0.15, 0.2) is 0 Å². The predicted octanol–water partition coefficient (Wildman–Crippen LogP) is 10.8. The van der Waals surface area contributed by atoms with E-state index in [0.717, 1.165) is 11.0 Å². The summed E-state index contributed by atoms with van der Waals surface area (Å²) in [6.45, 7) is 16.9. The van der Waals surface area contributed by atoms with E-state index in [2.05, 4.69) is 155 Å². The van der Waals surface area contributed by atoms with E-state index in [9.17, 15) is 5.11 Å². The van der Waals surface area contributed by atoms with Gasteiger partial charge in [-0.05, 0) is 130 Å². The Balaban J connectivity index is 1.08. The summed E-state index contributed by atoms with van der Waals surface area (Å²) >= 11 is 0. The van der Waals surface area contributed by atoms with Crippen molar-refractivity contribution in [1.82, 2.24) is 0 Å². The predicted molar refractivity (Wildman–Crippen MR) is 216 cm³/mol. The molecule has 3 heteroatoms. The third kappa shape index (κ3) is 5.50. The maximum Gasteiger partial charge on any atom is 0.309 e. The number of hydrogen-bond acceptors (Lipinski definition) is 2. The van der Waals surface area contributed by atoms with Crippen LogP contribution in [0.15, 0.2) is 127 Å². The summed E-state index contributed by atoms with van der Waals surface area (Å²) in [5.74, 6) is 0. The number of rotatable bonds is 7. The van der Waals surface area contributed by atoms with Gasteiger partial charge < -0.3 is 9.76 Å². The summed E-state index contributed by atoms with van der Waals surface area (Å²) in [6, 6.07) is 47.4. The fourth-order valence-electron chi connectivity index (χ4n) is 8.14. The van der Waals surface area contributed by atoms with Gasteiger partial charge >= 0.3 is 7.48 Å². The molecule has 51 heavy (non-hydrogen) atoms. The molecule has 0 heterocycles. The van der Waals surface area contributed by atoms with Crippen molar-refractivity contribution in [2.24, 2.45) is 0 Å². The van der Waals surface area contributed by atoms with Crippen LogP contribution in [0.2, 0.25) is 0 Å². The fraction of sp³-hybridized carbons (Fsp3) is 0.250. The highest BCUT2D eigenvalue weighted by Crippen LogP contribution is 2.52. The molecule has 2 aliphatic rings. The Kier molecular flexibility index (Phi) is 7.65. The summed E-state index contributed by atoms with van der Waals surface area (Å²) in [5.41, 5.74) is 17.6. The first-order chi connectivity index (χ1) is 24.1. The zero-order chi connectivity index (χ0) is 35.9. The lowest BCUT2D eigenvalue weighted by molar-refractivity contribution is -0.0893. The van der Waals surface area contributed by atoms with Crippen LogP contribution >= 0.6 is 0 Å². The molecular formula is C48H47BO2. The second kappa shape index (κ2) is 11.7. The monoisotopic (exact) mass is 666 g/mol. The number of aliphatic hydroxyl groups is 1. The van der Waals surface area contributed by atoms with Crippen LogP contribution in [0.25, 0.3) is 55.6 Å². The molecule has 1 N–H and O–H groups in total. The van der Waals surface area contributed by atoms with Gasteiger partial charge in [-0.15, -0.1) is 0 Å². The third-order valence-electron chi connectivity index (χ3n) is 12.1. The van der Waals surface area contributed by atoms with E-state index < -0.39 is 11.2 Å². The van der Waals surface area contributed by atoms with Crippen LogP contribution < -0.4 is 5.46 Å². The van der Waals surface area contributed by atoms with Crippen molar-refractivity contribution in [2.75, 3.05) is 0 Å². The van der Waals surface area contributed by atoms with Gasteiger partial charge in [-0.25, -0.2) is 0 Å². The molecule has 2 aliphatic carbocycles. The smallest absolute Gasteiger partial charge is 0.309 e. The first kappa shape index (κ1) is 33.4. The Morgan fingerprint density at radius 1 is 0.451 bits per heavy atom. The van der Waals surface area contributed by atoms with Gasteiger partial charge in [-0.2, -0.15) is 0 Å². The Morgan fingerprint density at radius 2 is 0.863 bits per heavy atom. The molecule has 6 aromatic carbocycles. The maximum absolute atomic E-state index is 10.5. The van der Waals surface area contributed by atoms with Gasteiger partial charge in [0.1, 0.15) is 0 Å². The minimum Gasteiger partial charge on any atom is -0.427 e. The second-order valence-electron chi connectivity index (χ2n) is 16.7. The number of fused-ring (bicyclic) bond motifs is 6. The number of benzene rings is 6. The van der Waals surface area contributed by atoms with E-state index in [4.69, 9.17) is 4.65 Å². The zero-order valence-electron chi connectivity index (χ0n) is 31.2. The largest absolute Gasteiger partial charge is 0.427 e. The molecular weight excluding hydrogens is 619 g/mol. The fourth-order valence-corrected chi connectivity index (χ4v) is 8.14. The second-order valence-corrected chi connectivity index (χ2v) is 16.7. The highest BCUT2D eigenvalue weighted by molar-refractivity contribution is 6.47. The van der Waals surface area contributed by atoms with Crippen molar-refractivity contribution in [1.29, 1.82) is 0 Å². The van der Waals surface area contributed by atoms with E-state index in [1.807, 2.05) is 13.8 Å². The minimum absolute atomic E-state index is 0.0198. The Bertz CT molecular complexity index is 2340. The summed E-state index contributed by atoms with van der Waals surface area (Å²) in [7, 11) is 0.436. The normalized spacial score (nSPS) is 15.2. The van der Waals surface area contributed by atoms with E-state index >= 15 is 0 Å². The summed E-state index contributed by atoms with van der Waals surface area (Å²) < 4.78 is 6.17. The van der Waals surface area contributed by atoms with Crippen LogP contribution in [0.4, 0.5) is 0 Å². The van der Waals surface area contributed by atoms with Gasteiger partial charge in [-0.1, -0.05) is 136 Å². The molecule has 0 aromatic heterocycles. The van der Waals surface area contributed by atoms with Gasteiger partial charge in [-0.3, -0.25) is 0 Å². The molecule has 0 saturated heterocycles. The molecule has 254 valence electrons. The van der Waals surface area contributed by atoms with Crippen LogP contribution in [0.5, 0.6) is 0 Å². The van der Waals surface area contributed by atoms with Crippen LogP contribution in [0.1, 0.15) is 77.6 Å². The quantitative estimate of drug-likeness (QED) is 0.172. The molecule has 0 atom stereocenters. The van der Waals surface area contributed by atoms with Gasteiger partial charge in [0.2, 0.25) is 0 Å². The first-order valence-electron chi connectivity index (χ1n) is 18.3. The topological polar surface area (TPSA) is 29.5 Å². The van der Waals surface area contributed by atoms with Crippen LogP contribution in [0, 0.1) is 0 Å². The lowest BCUT2D eigenvalue weighted by Crippen LogP contribution is -2.49. The maximum atomic E-state index is 10.5. The first-order valence-corrected chi connectivity index (χ1v) is 18.3. The summed E-state index contributed by atoms with van der Waals surface area (Å²) in [6.07, 6.45) is 0. The molecule has 0 aliphatic heterocycles. The highest BCUT2D eigenvalue weighted by Gasteiger charge is 2.38. The minimum atomic E-state index is -0.944. The molecule has 0 amide bonds. The van der Waals surface area contributed by atoms with Crippen molar-refractivity contribution in [3.05, 3.63) is 150 Å². The lowest BCUT2D eigenvalue weighted by atomic mass is 9.80. The van der Waals surface area contributed by atoms with E-state index in [1.165, 1.54) is 72.3 Å². The molecule has 0 bridgehead atoms. The van der Waals surface area contributed by atoms with Crippen molar-refractivity contribution >= 4 is 12.9 Å². The molecule has 6 aromatic rings. The molecule has 0 saturated carbocycles. The van der Waals surface area contributed by atoms with Crippen molar-refractivity contribution in [3.63, 3.8) is 0 Å². The summed E-state index contributed by atoms with van der Waals surface area (Å²) in [4.78, 5) is 0. The molecule has 2 nitrogen and oxygen atoms in total. The Labute approximate surface area is 304 Å². The number of hydrogen-bond donors (Lipinski definition) is 1. The van der Waals surface area contributed by atoms with E-state index in [1.54, 1.807) is 13.8 Å². The van der Waals surface area contributed by atoms with Crippen molar-refractivity contribution in [2.45, 2.75) is 77.4 Å². The Hall–Kier alpha value is -4.70. The average molecular weight is 667 g/mol. The summed E-state index contributed by atoms with van der Waals surface area (Å²) in [5, 5.41) is 10.5. The van der Waals surface area contributed by atoms with Crippen LogP contribution in [-0.4, -0.2) is 23.8 Å². The molecule has 0 fully saturated rings. The van der Waals surface area contributed by atoms with Gasteiger partial charge in [0.05, 0.1) is 11.2 Å². The molecule has 0 radical (unpaired) electrons. The Morgan fingerprint density at radius 3 is 1.37 bits per heavy atom. The lowest BCUT2D eigenvalue weighted by Gasteiger charge is -2.37. The van der Waals surface area contributed by atoms with Crippen LogP contribution in [-0.2, 0) is 15.5 Å². The highest BCUT2D eigenvalue weighted by atomic mass is 16.5. The molecule has 0 spiro atoms. The van der Waals surface area contributed by atoms with E-state index in [-0.39, 0.29) is 10.8 Å². The average Bonchev–Trinajstić information content (AvgIpc) is 3.49. The molecule has 0 unspecified atom stereocenters. The van der Waals surface area contributed by atoms with Crippen LogP contribution in [0.3, 0.4) is 0 Å².